The number of benzene rings is 1. The molecule has 0 radical (unpaired) electrons. The second kappa shape index (κ2) is 8.92. The molecule has 1 aliphatic carbocycles. The molecular formula is C21H31N3O4. The zero-order valence-electron chi connectivity index (χ0n) is 17.2. The monoisotopic (exact) mass is 389 g/mol. The van der Waals surface area contributed by atoms with E-state index in [0.717, 1.165) is 19.4 Å². The molecule has 7 nitrogen and oxygen atoms in total. The fourth-order valence-electron chi connectivity index (χ4n) is 3.33. The highest BCUT2D eigenvalue weighted by atomic mass is 16.5. The van der Waals surface area contributed by atoms with Crippen LogP contribution in [-0.2, 0) is 9.53 Å². The summed E-state index contributed by atoms with van der Waals surface area (Å²) < 4.78 is 11.6. The summed E-state index contributed by atoms with van der Waals surface area (Å²) >= 11 is 0. The number of anilines is 1. The molecule has 1 heterocycles. The summed E-state index contributed by atoms with van der Waals surface area (Å²) in [6.07, 6.45) is 1.79. The Morgan fingerprint density at radius 3 is 2.75 bits per heavy atom. The Kier molecular flexibility index (Phi) is 6.57. The van der Waals surface area contributed by atoms with Crippen LogP contribution in [0.25, 0.3) is 0 Å². The molecule has 3 atom stereocenters. The Balaban J connectivity index is 1.87. The number of nitrogens with one attached hydrogen (secondary N) is 2. The van der Waals surface area contributed by atoms with Crippen molar-refractivity contribution >= 4 is 17.5 Å². The first-order valence-electron chi connectivity index (χ1n) is 9.98. The summed E-state index contributed by atoms with van der Waals surface area (Å²) in [6, 6.07) is 5.40. The second-order valence-electron chi connectivity index (χ2n) is 8.03. The smallest absolute Gasteiger partial charge is 0.257 e. The van der Waals surface area contributed by atoms with Crippen molar-refractivity contribution in [3.05, 3.63) is 23.8 Å². The van der Waals surface area contributed by atoms with Crippen LogP contribution in [-0.4, -0.2) is 62.7 Å². The lowest BCUT2D eigenvalue weighted by atomic mass is 10.0. The predicted molar refractivity (Wildman–Crippen MR) is 108 cm³/mol. The van der Waals surface area contributed by atoms with Crippen molar-refractivity contribution in [3.63, 3.8) is 0 Å². The average molecular weight is 389 g/mol. The highest BCUT2D eigenvalue weighted by molar-refractivity contribution is 6.00. The molecule has 2 aliphatic rings. The summed E-state index contributed by atoms with van der Waals surface area (Å²) in [6.45, 7) is 5.87. The molecule has 1 fully saturated rings. The van der Waals surface area contributed by atoms with Gasteiger partial charge in [-0.25, -0.2) is 0 Å². The van der Waals surface area contributed by atoms with Crippen molar-refractivity contribution in [1.82, 2.24) is 10.2 Å². The molecule has 2 amide bonds. The first kappa shape index (κ1) is 20.6. The average Bonchev–Trinajstić information content (AvgIpc) is 3.53. The minimum atomic E-state index is -0.145. The summed E-state index contributed by atoms with van der Waals surface area (Å²) in [7, 11) is 3.44. The van der Waals surface area contributed by atoms with Gasteiger partial charge in [0, 0.05) is 44.9 Å². The number of carbonyl (C=O) groups excluding carboxylic acids is 2. The molecule has 0 saturated heterocycles. The van der Waals surface area contributed by atoms with E-state index in [0.29, 0.717) is 30.2 Å². The van der Waals surface area contributed by atoms with Crippen LogP contribution in [0.1, 0.15) is 37.0 Å². The second-order valence-corrected chi connectivity index (χ2v) is 8.03. The number of hydrogen-bond donors (Lipinski definition) is 2. The Morgan fingerprint density at radius 2 is 2.07 bits per heavy atom. The fourth-order valence-corrected chi connectivity index (χ4v) is 3.33. The third kappa shape index (κ3) is 5.02. The Morgan fingerprint density at radius 1 is 1.32 bits per heavy atom. The zero-order chi connectivity index (χ0) is 20.3. The molecule has 1 aromatic carbocycles. The first-order chi connectivity index (χ1) is 13.4. The van der Waals surface area contributed by atoms with Gasteiger partial charge in [-0.2, -0.15) is 0 Å². The van der Waals surface area contributed by atoms with Crippen LogP contribution in [0, 0.1) is 11.8 Å². The Bertz CT molecular complexity index is 720. The third-order valence-corrected chi connectivity index (χ3v) is 5.44. The van der Waals surface area contributed by atoms with Crippen LogP contribution in [0.3, 0.4) is 0 Å². The number of likely N-dealkylation sites (N-methyl/N-ethyl adjacent to an activating group) is 1. The molecule has 1 aromatic rings. The van der Waals surface area contributed by atoms with Crippen molar-refractivity contribution < 1.29 is 19.1 Å². The van der Waals surface area contributed by atoms with E-state index in [1.54, 1.807) is 37.3 Å². The van der Waals surface area contributed by atoms with Gasteiger partial charge in [-0.1, -0.05) is 6.92 Å². The van der Waals surface area contributed by atoms with Gasteiger partial charge in [0.1, 0.15) is 12.4 Å². The lowest BCUT2D eigenvalue weighted by Gasteiger charge is -2.30. The van der Waals surface area contributed by atoms with Gasteiger partial charge in [0.25, 0.3) is 5.91 Å². The first-order valence-corrected chi connectivity index (χ1v) is 9.98. The van der Waals surface area contributed by atoms with Gasteiger partial charge in [0.15, 0.2) is 0 Å². The van der Waals surface area contributed by atoms with Gasteiger partial charge >= 0.3 is 0 Å². The van der Waals surface area contributed by atoms with E-state index >= 15 is 0 Å². The number of rotatable bonds is 3. The topological polar surface area (TPSA) is 79.9 Å². The fraction of sp³-hybridized carbons (Fsp3) is 0.619. The molecule has 1 saturated carbocycles. The largest absolute Gasteiger partial charge is 0.491 e. The van der Waals surface area contributed by atoms with Crippen LogP contribution in [0.2, 0.25) is 0 Å². The predicted octanol–water partition coefficient (Wildman–Crippen LogP) is 2.13. The van der Waals surface area contributed by atoms with Gasteiger partial charge in [-0.15, -0.1) is 0 Å². The van der Waals surface area contributed by atoms with Crippen molar-refractivity contribution in [2.45, 2.75) is 38.8 Å². The van der Waals surface area contributed by atoms with Crippen molar-refractivity contribution in [1.29, 1.82) is 0 Å². The molecule has 3 rings (SSSR count). The van der Waals surface area contributed by atoms with Gasteiger partial charge in [-0.05, 0) is 43.9 Å². The van der Waals surface area contributed by atoms with Gasteiger partial charge in [-0.3, -0.25) is 9.59 Å². The number of fused-ring (bicyclic) bond motifs is 1. The minimum Gasteiger partial charge on any atom is -0.491 e. The van der Waals surface area contributed by atoms with Crippen LogP contribution >= 0.6 is 0 Å². The molecule has 7 heteroatoms. The zero-order valence-corrected chi connectivity index (χ0v) is 17.2. The van der Waals surface area contributed by atoms with E-state index in [4.69, 9.17) is 9.47 Å². The van der Waals surface area contributed by atoms with Gasteiger partial charge < -0.3 is 25.0 Å². The maximum atomic E-state index is 13.1. The lowest BCUT2D eigenvalue weighted by Crippen LogP contribution is -2.44. The number of carbonyl (C=O) groups is 2. The molecule has 0 unspecified atom stereocenters. The maximum absolute atomic E-state index is 13.1. The lowest BCUT2D eigenvalue weighted by molar-refractivity contribution is -0.117. The summed E-state index contributed by atoms with van der Waals surface area (Å²) in [5.74, 6) is 0.739. The van der Waals surface area contributed by atoms with E-state index in [1.165, 1.54) is 0 Å². The van der Waals surface area contributed by atoms with Crippen molar-refractivity contribution in [2.24, 2.45) is 11.8 Å². The van der Waals surface area contributed by atoms with Crippen LogP contribution in [0.5, 0.6) is 5.75 Å². The number of ether oxygens (including phenoxy) is 2. The molecular weight excluding hydrogens is 358 g/mol. The third-order valence-electron chi connectivity index (χ3n) is 5.44. The highest BCUT2D eigenvalue weighted by Crippen LogP contribution is 2.31. The van der Waals surface area contributed by atoms with Crippen molar-refractivity contribution in [2.75, 3.05) is 39.2 Å². The highest BCUT2D eigenvalue weighted by Gasteiger charge is 2.30. The van der Waals surface area contributed by atoms with E-state index in [1.807, 2.05) is 0 Å². The van der Waals surface area contributed by atoms with E-state index < -0.39 is 0 Å². The molecule has 0 aromatic heterocycles. The molecule has 0 spiro atoms. The van der Waals surface area contributed by atoms with Gasteiger partial charge in [0.05, 0.1) is 11.7 Å². The number of nitrogens with zero attached hydrogens (tertiary/aromatic N) is 1. The number of methoxy groups -OCH3 is 1. The normalized spacial score (nSPS) is 26.5. The van der Waals surface area contributed by atoms with E-state index in [-0.39, 0.29) is 35.8 Å². The number of hydrogen-bond acceptors (Lipinski definition) is 5. The van der Waals surface area contributed by atoms with Crippen LogP contribution < -0.4 is 15.4 Å². The maximum Gasteiger partial charge on any atom is 0.257 e. The standard InChI is InChI=1S/C21H31N3O4/c1-13-10-22-14(2)12-28-18-8-7-16(23-20(25)15-5-6-15)9-17(18)21(26)24(3)11-19(13)27-4/h7-9,13-15,19,22H,5-6,10-12H2,1-4H3,(H,23,25)/t13-,14-,19-/m0/s1. The van der Waals surface area contributed by atoms with Crippen molar-refractivity contribution in [3.8, 4) is 5.75 Å². The van der Waals surface area contributed by atoms with Crippen LogP contribution in [0.4, 0.5) is 5.69 Å². The van der Waals surface area contributed by atoms with E-state index in [2.05, 4.69) is 24.5 Å². The Hall–Kier alpha value is -2.12. The van der Waals surface area contributed by atoms with E-state index in [9.17, 15) is 9.59 Å². The molecule has 0 bridgehead atoms. The summed E-state index contributed by atoms with van der Waals surface area (Å²) in [4.78, 5) is 26.9. The molecule has 1 aliphatic heterocycles. The molecule has 154 valence electrons. The minimum absolute atomic E-state index is 0.0147. The molecule has 2 N–H and O–H groups in total. The number of amides is 2. The SMILES string of the molecule is CO[C@H]1CN(C)C(=O)c2cc(NC(=O)C3CC3)ccc2OC[C@H](C)NC[C@@H]1C. The summed E-state index contributed by atoms with van der Waals surface area (Å²) in [5.41, 5.74) is 1.07. The quantitative estimate of drug-likeness (QED) is 0.828. The summed E-state index contributed by atoms with van der Waals surface area (Å²) in [5, 5.41) is 6.37. The molecule has 28 heavy (non-hydrogen) atoms. The van der Waals surface area contributed by atoms with Crippen LogP contribution in [0.15, 0.2) is 18.2 Å². The Labute approximate surface area is 166 Å². The van der Waals surface area contributed by atoms with Gasteiger partial charge in [0.2, 0.25) is 5.91 Å².